The summed E-state index contributed by atoms with van der Waals surface area (Å²) in [7, 11) is -2.20. The van der Waals surface area contributed by atoms with Crippen molar-refractivity contribution in [3.63, 3.8) is 0 Å². The van der Waals surface area contributed by atoms with Crippen LogP contribution >= 0.6 is 11.3 Å². The summed E-state index contributed by atoms with van der Waals surface area (Å²) in [6.45, 7) is 26.5. The first-order valence-corrected chi connectivity index (χ1v) is 20.9. The highest BCUT2D eigenvalue weighted by Crippen LogP contribution is 2.41. The molecule has 0 aliphatic carbocycles. The zero-order valence-corrected chi connectivity index (χ0v) is 31.9. The van der Waals surface area contributed by atoms with Crippen molar-refractivity contribution in [2.24, 2.45) is 0 Å². The first-order chi connectivity index (χ1) is 22.0. The fourth-order valence-corrected chi connectivity index (χ4v) is 11.6. The van der Waals surface area contributed by atoms with Gasteiger partial charge in [0, 0.05) is 36.6 Å². The van der Waals surface area contributed by atoms with E-state index < -0.39 is 8.07 Å². The van der Waals surface area contributed by atoms with E-state index in [1.807, 2.05) is 11.3 Å². The van der Waals surface area contributed by atoms with Gasteiger partial charge in [-0.1, -0.05) is 153 Å². The summed E-state index contributed by atoms with van der Waals surface area (Å²) in [6, 6.07) is 37.4. The molecule has 7 rings (SSSR count). The lowest BCUT2D eigenvalue weighted by Crippen LogP contribution is -2.56. The van der Waals surface area contributed by atoms with Crippen LogP contribution in [-0.2, 0) is 16.2 Å². The van der Waals surface area contributed by atoms with Crippen molar-refractivity contribution in [2.45, 2.75) is 91.7 Å². The maximum absolute atomic E-state index is 2.58. The number of nitrogens with zero attached hydrogens (tertiary/aromatic N) is 1. The van der Waals surface area contributed by atoms with Gasteiger partial charge < -0.3 is 4.57 Å². The second-order valence-corrected chi connectivity index (χ2v) is 22.6. The van der Waals surface area contributed by atoms with Gasteiger partial charge in [0.2, 0.25) is 0 Å². The first kappa shape index (κ1) is 31.9. The molecule has 2 heterocycles. The Labute approximate surface area is 286 Å². The predicted molar refractivity (Wildman–Crippen MR) is 213 cm³/mol. The largest absolute Gasteiger partial charge is 0.309 e. The van der Waals surface area contributed by atoms with Crippen LogP contribution in [0.25, 0.3) is 47.7 Å². The van der Waals surface area contributed by atoms with Gasteiger partial charge in [0.1, 0.15) is 8.07 Å². The van der Waals surface area contributed by atoms with E-state index in [2.05, 4.69) is 177 Å². The van der Waals surface area contributed by atoms with Crippen molar-refractivity contribution in [3.05, 3.63) is 114 Å². The molecule has 0 unspecified atom stereocenters. The molecule has 0 saturated heterocycles. The summed E-state index contributed by atoms with van der Waals surface area (Å²) in [5, 5.41) is 8.41. The molecule has 7 aromatic rings. The monoisotopic (exact) mass is 651 g/mol. The molecule has 0 aliphatic heterocycles. The van der Waals surface area contributed by atoms with Crippen LogP contribution in [0.3, 0.4) is 0 Å². The van der Waals surface area contributed by atoms with Crippen molar-refractivity contribution < 1.29 is 0 Å². The Balaban J connectivity index is 1.57. The van der Waals surface area contributed by atoms with Crippen LogP contribution < -0.4 is 10.4 Å². The fraction of sp³-hybridized carbons (Fsp3) is 0.318. The highest BCUT2D eigenvalue weighted by molar-refractivity contribution is 7.25. The first-order valence-electron chi connectivity index (χ1n) is 17.1. The van der Waals surface area contributed by atoms with Crippen LogP contribution in [0.4, 0.5) is 0 Å². The average Bonchev–Trinajstić information content (AvgIpc) is 3.54. The molecule has 0 amide bonds. The topological polar surface area (TPSA) is 4.93 Å². The molecule has 0 spiro atoms. The minimum Gasteiger partial charge on any atom is -0.309 e. The summed E-state index contributed by atoms with van der Waals surface area (Å²) in [5.41, 5.74) is 8.31. The molecule has 0 saturated carbocycles. The van der Waals surface area contributed by atoms with Gasteiger partial charge in [0.05, 0.1) is 11.0 Å². The van der Waals surface area contributed by atoms with Crippen LogP contribution in [0.2, 0.25) is 13.1 Å². The lowest BCUT2D eigenvalue weighted by atomic mass is 9.81. The lowest BCUT2D eigenvalue weighted by Gasteiger charge is -2.35. The van der Waals surface area contributed by atoms with E-state index in [0.29, 0.717) is 0 Å². The summed E-state index contributed by atoms with van der Waals surface area (Å²) >= 11 is 1.90. The fourth-order valence-electron chi connectivity index (χ4n) is 7.47. The number of hydrogen-bond donors (Lipinski definition) is 0. The molecule has 3 heteroatoms. The van der Waals surface area contributed by atoms with Crippen LogP contribution in [0.1, 0.15) is 79.0 Å². The Hall–Kier alpha value is -3.66. The van der Waals surface area contributed by atoms with Gasteiger partial charge >= 0.3 is 0 Å². The normalized spacial score (nSPS) is 13.4. The van der Waals surface area contributed by atoms with E-state index in [4.69, 9.17) is 0 Å². The van der Waals surface area contributed by atoms with E-state index >= 15 is 0 Å². The molecular formula is C44H49NSSi. The standard InChI is InChI=1S/C44H49NSSi/c1-42(2,3)28-24-29(43(4,5)6)26-31(25-28)47(10,11)39-23-22-35-32-16-12-14-18-36(32)45(41(35)40(39)44(7,8)9)30-20-21-34-33-17-13-15-19-37(33)46-38(34)27-30/h12-27H,1-11H3. The molecule has 47 heavy (non-hydrogen) atoms. The number of thiophene rings is 1. The third kappa shape index (κ3) is 5.27. The minimum absolute atomic E-state index is 0.0680. The van der Waals surface area contributed by atoms with Gasteiger partial charge in [0.15, 0.2) is 0 Å². The molecule has 0 aliphatic rings. The van der Waals surface area contributed by atoms with E-state index in [-0.39, 0.29) is 16.2 Å². The Bertz CT molecular complexity index is 2290. The molecule has 1 nitrogen and oxygen atoms in total. The predicted octanol–water partition coefficient (Wildman–Crippen LogP) is 11.9. The van der Waals surface area contributed by atoms with E-state index in [0.717, 1.165) is 0 Å². The highest BCUT2D eigenvalue weighted by atomic mass is 32.1. The number of rotatable bonds is 3. The molecule has 0 fully saturated rings. The highest BCUT2D eigenvalue weighted by Gasteiger charge is 2.36. The molecule has 240 valence electrons. The zero-order chi connectivity index (χ0) is 33.7. The van der Waals surface area contributed by atoms with E-state index in [9.17, 15) is 0 Å². The number of aromatic nitrogens is 1. The van der Waals surface area contributed by atoms with Gasteiger partial charge in [-0.2, -0.15) is 0 Å². The number of hydrogen-bond acceptors (Lipinski definition) is 1. The summed E-state index contributed by atoms with van der Waals surface area (Å²) in [6.07, 6.45) is 0. The number of fused-ring (bicyclic) bond motifs is 6. The molecule has 0 atom stereocenters. The smallest absolute Gasteiger partial charge is 0.112 e. The summed E-state index contributed by atoms with van der Waals surface area (Å²) < 4.78 is 5.26. The second-order valence-electron chi connectivity index (χ2n) is 17.2. The van der Waals surface area contributed by atoms with Crippen molar-refractivity contribution >= 4 is 71.8 Å². The lowest BCUT2D eigenvalue weighted by molar-refractivity contribution is 0.569. The molecule has 0 radical (unpaired) electrons. The van der Waals surface area contributed by atoms with Gasteiger partial charge in [-0.25, -0.2) is 0 Å². The zero-order valence-electron chi connectivity index (χ0n) is 30.1. The van der Waals surface area contributed by atoms with Crippen LogP contribution in [-0.4, -0.2) is 12.6 Å². The van der Waals surface area contributed by atoms with Crippen molar-refractivity contribution in [2.75, 3.05) is 0 Å². The van der Waals surface area contributed by atoms with Gasteiger partial charge in [-0.15, -0.1) is 11.3 Å². The molecule has 5 aromatic carbocycles. The molecular weight excluding hydrogens is 603 g/mol. The maximum atomic E-state index is 2.58. The van der Waals surface area contributed by atoms with Gasteiger partial charge in [-0.3, -0.25) is 0 Å². The minimum atomic E-state index is -2.20. The average molecular weight is 652 g/mol. The van der Waals surface area contributed by atoms with Crippen molar-refractivity contribution in [3.8, 4) is 5.69 Å². The van der Waals surface area contributed by atoms with E-state index in [1.54, 1.807) is 0 Å². The van der Waals surface area contributed by atoms with Crippen molar-refractivity contribution in [1.82, 2.24) is 4.57 Å². The number of benzene rings is 5. The Morgan fingerprint density at radius 2 is 1.11 bits per heavy atom. The van der Waals surface area contributed by atoms with E-state index in [1.165, 1.54) is 74.7 Å². The molecule has 0 N–H and O–H groups in total. The SMILES string of the molecule is CC(C)(C)c1cc(C(C)(C)C)cc([Si](C)(C)c2ccc3c4ccccc4n(-c4ccc5c(c4)sc4ccccc45)c3c2C(C)(C)C)c1. The van der Waals surface area contributed by atoms with Crippen molar-refractivity contribution in [1.29, 1.82) is 0 Å². The molecule has 2 aromatic heterocycles. The van der Waals surface area contributed by atoms with Crippen LogP contribution in [0.5, 0.6) is 0 Å². The van der Waals surface area contributed by atoms with Crippen LogP contribution in [0, 0.1) is 0 Å². The maximum Gasteiger partial charge on any atom is 0.112 e. The summed E-state index contributed by atoms with van der Waals surface area (Å²) in [4.78, 5) is 0. The third-order valence-electron chi connectivity index (χ3n) is 10.3. The van der Waals surface area contributed by atoms with Gasteiger partial charge in [0.25, 0.3) is 0 Å². The van der Waals surface area contributed by atoms with Gasteiger partial charge in [-0.05, 0) is 62.4 Å². The Morgan fingerprint density at radius 1 is 0.532 bits per heavy atom. The second kappa shape index (κ2) is 10.7. The quantitative estimate of drug-likeness (QED) is 0.168. The third-order valence-corrected chi connectivity index (χ3v) is 14.9. The number of para-hydroxylation sites is 1. The Kier molecular flexibility index (Phi) is 7.25. The van der Waals surface area contributed by atoms with Crippen LogP contribution in [0.15, 0.2) is 97.1 Å². The molecule has 0 bridgehead atoms. The Morgan fingerprint density at radius 3 is 1.74 bits per heavy atom. The summed E-state index contributed by atoms with van der Waals surface area (Å²) in [5.74, 6) is 0.